The van der Waals surface area contributed by atoms with E-state index >= 15 is 0 Å². The minimum Gasteiger partial charge on any atom is -0.418 e. The monoisotopic (exact) mass is 418 g/mol. The fourth-order valence-corrected chi connectivity index (χ4v) is 5.79. The molecule has 2 aromatic heterocycles. The van der Waals surface area contributed by atoms with Gasteiger partial charge in [0.1, 0.15) is 5.69 Å². The van der Waals surface area contributed by atoms with Crippen molar-refractivity contribution in [2.24, 2.45) is 7.05 Å². The Morgan fingerprint density at radius 1 is 0.759 bits per heavy atom. The topological polar surface area (TPSA) is 9.03 Å². The summed E-state index contributed by atoms with van der Waals surface area (Å²) < 4.78 is 43.6. The summed E-state index contributed by atoms with van der Waals surface area (Å²) in [4.78, 5) is 0. The summed E-state index contributed by atoms with van der Waals surface area (Å²) in [6, 6.07) is 28.1. The largest absolute Gasteiger partial charge is 0.673 e. The molecule has 2 nitrogen and oxygen atoms in total. The minimum atomic E-state index is -6.00. The Morgan fingerprint density at radius 2 is 1.21 bits per heavy atom. The molecule has 0 saturated carbocycles. The predicted octanol–water partition coefficient (Wildman–Crippen LogP) is 4.13. The molecular weight excluding hydrogens is 398 g/mol. The third-order valence-corrected chi connectivity index (χ3v) is 7.07. The first-order valence-corrected chi connectivity index (χ1v) is 10.3. The molecule has 0 saturated heterocycles. The van der Waals surface area contributed by atoms with E-state index in [4.69, 9.17) is 0 Å². The normalized spacial score (nSPS) is 11.4. The van der Waals surface area contributed by atoms with Gasteiger partial charge in [-0.25, -0.2) is 4.57 Å². The highest BCUT2D eigenvalue weighted by Gasteiger charge is 2.29. The van der Waals surface area contributed by atoms with Gasteiger partial charge in [0.15, 0.2) is 5.44 Å². The van der Waals surface area contributed by atoms with Crippen LogP contribution in [-0.4, -0.2) is 11.8 Å². The average Bonchev–Trinajstić information content (AvgIpc) is 2.94. The first-order valence-electron chi connectivity index (χ1n) is 9.00. The van der Waals surface area contributed by atoms with E-state index in [1.165, 1.54) is 27.4 Å². The molecule has 8 heteroatoms. The molecule has 2 aromatic carbocycles. The second-order valence-electron chi connectivity index (χ2n) is 6.40. The first kappa shape index (κ1) is 21.1. The standard InChI is InChI=1S/C21H20N2P.BF4/c1-17-21(23-16-10-9-15-20(23)22(17)2)24(18-11-5-3-6-12-18)19-13-7-4-8-14-19;2-1(3,4)5/h3-16H,1-2H3;/q+1;-1. The Labute approximate surface area is 168 Å². The number of halogens is 4. The highest BCUT2D eigenvalue weighted by molar-refractivity contribution is 7.79. The maximum atomic E-state index is 9.75. The Bertz CT molecular complexity index is 1040. The van der Waals surface area contributed by atoms with Crippen LogP contribution in [-0.2, 0) is 7.05 Å². The number of pyridine rings is 1. The summed E-state index contributed by atoms with van der Waals surface area (Å²) in [5, 5.41) is 2.76. The summed E-state index contributed by atoms with van der Waals surface area (Å²) in [6.07, 6.45) is 2.18. The van der Waals surface area contributed by atoms with E-state index in [2.05, 4.69) is 108 Å². The number of aromatic nitrogens is 2. The second kappa shape index (κ2) is 8.79. The van der Waals surface area contributed by atoms with E-state index in [0.29, 0.717) is 0 Å². The van der Waals surface area contributed by atoms with Crippen molar-refractivity contribution in [1.29, 1.82) is 0 Å². The van der Waals surface area contributed by atoms with Gasteiger partial charge in [-0.1, -0.05) is 66.7 Å². The van der Waals surface area contributed by atoms with Crippen LogP contribution in [0.15, 0.2) is 85.1 Å². The number of hydrogen-bond donors (Lipinski definition) is 0. The molecule has 0 amide bonds. The molecule has 0 radical (unpaired) electrons. The molecule has 150 valence electrons. The molecule has 2 heterocycles. The van der Waals surface area contributed by atoms with Crippen LogP contribution < -0.4 is 20.4 Å². The van der Waals surface area contributed by atoms with Crippen LogP contribution in [0.2, 0.25) is 0 Å². The van der Waals surface area contributed by atoms with Crippen molar-refractivity contribution in [3.8, 4) is 0 Å². The zero-order chi connectivity index (χ0) is 21.0. The number of imidazole rings is 1. The molecule has 4 rings (SSSR count). The zero-order valence-corrected chi connectivity index (χ0v) is 16.9. The summed E-state index contributed by atoms with van der Waals surface area (Å²) in [7, 11) is -4.45. The average molecular weight is 418 g/mol. The van der Waals surface area contributed by atoms with Gasteiger partial charge in [-0.3, -0.25) is 0 Å². The molecular formula is C21H20BF4N2P. The number of rotatable bonds is 3. The van der Waals surface area contributed by atoms with Crippen molar-refractivity contribution in [1.82, 2.24) is 4.57 Å². The highest BCUT2D eigenvalue weighted by atomic mass is 31.1. The number of hydrogen-bond acceptors (Lipinski definition) is 0. The Morgan fingerprint density at radius 3 is 1.69 bits per heavy atom. The lowest BCUT2D eigenvalue weighted by molar-refractivity contribution is -0.490. The maximum absolute atomic E-state index is 9.75. The summed E-state index contributed by atoms with van der Waals surface area (Å²) in [5.41, 5.74) is 3.94. The van der Waals surface area contributed by atoms with Crippen molar-refractivity contribution in [2.45, 2.75) is 6.92 Å². The molecule has 29 heavy (non-hydrogen) atoms. The van der Waals surface area contributed by atoms with Crippen LogP contribution >= 0.6 is 7.92 Å². The second-order valence-corrected chi connectivity index (χ2v) is 8.53. The Balaban J connectivity index is 0.000000431. The van der Waals surface area contributed by atoms with Crippen LogP contribution in [0.3, 0.4) is 0 Å². The van der Waals surface area contributed by atoms with Crippen LogP contribution in [0.5, 0.6) is 0 Å². The Kier molecular flexibility index (Phi) is 6.38. The van der Waals surface area contributed by atoms with Gasteiger partial charge in [0.05, 0.1) is 13.2 Å². The van der Waals surface area contributed by atoms with Gasteiger partial charge in [0, 0.05) is 20.9 Å². The van der Waals surface area contributed by atoms with Gasteiger partial charge >= 0.3 is 7.25 Å². The van der Waals surface area contributed by atoms with Gasteiger partial charge in [-0.2, -0.15) is 4.40 Å². The van der Waals surface area contributed by atoms with Crippen LogP contribution in [0, 0.1) is 6.92 Å². The van der Waals surface area contributed by atoms with Crippen LogP contribution in [0.4, 0.5) is 17.3 Å². The smallest absolute Gasteiger partial charge is 0.418 e. The molecule has 0 atom stereocenters. The van der Waals surface area contributed by atoms with Crippen LogP contribution in [0.1, 0.15) is 5.69 Å². The molecule has 0 spiro atoms. The van der Waals surface area contributed by atoms with E-state index in [9.17, 15) is 17.3 Å². The fourth-order valence-electron chi connectivity index (χ4n) is 3.20. The molecule has 0 bridgehead atoms. The quantitative estimate of drug-likeness (QED) is 0.205. The first-order chi connectivity index (χ1) is 13.8. The maximum Gasteiger partial charge on any atom is 0.673 e. The lowest BCUT2D eigenvalue weighted by Crippen LogP contribution is -2.40. The molecule has 0 N–H and O–H groups in total. The van der Waals surface area contributed by atoms with Gasteiger partial charge in [-0.05, 0) is 16.7 Å². The third-order valence-electron chi connectivity index (χ3n) is 4.48. The van der Waals surface area contributed by atoms with E-state index in [1.807, 2.05) is 0 Å². The van der Waals surface area contributed by atoms with Crippen molar-refractivity contribution < 1.29 is 21.7 Å². The highest BCUT2D eigenvalue weighted by Crippen LogP contribution is 2.32. The summed E-state index contributed by atoms with van der Waals surface area (Å²) in [5.74, 6) is 0. The summed E-state index contributed by atoms with van der Waals surface area (Å²) in [6.45, 7) is 2.23. The minimum absolute atomic E-state index is 0.604. The van der Waals surface area contributed by atoms with Crippen molar-refractivity contribution in [3.63, 3.8) is 0 Å². The van der Waals surface area contributed by atoms with Crippen molar-refractivity contribution >= 4 is 36.9 Å². The lowest BCUT2D eigenvalue weighted by atomic mass is 10.3. The number of aryl methyl sites for hydroxylation is 1. The predicted molar refractivity (Wildman–Crippen MR) is 112 cm³/mol. The number of nitrogens with zero attached hydrogens (tertiary/aromatic N) is 2. The van der Waals surface area contributed by atoms with Gasteiger partial charge in [-0.15, -0.1) is 0 Å². The molecule has 0 unspecified atom stereocenters. The van der Waals surface area contributed by atoms with E-state index in [0.717, 1.165) is 0 Å². The van der Waals surface area contributed by atoms with Crippen molar-refractivity contribution in [3.05, 3.63) is 90.8 Å². The third kappa shape index (κ3) is 5.04. The zero-order valence-electron chi connectivity index (χ0n) is 16.0. The van der Waals surface area contributed by atoms with Crippen LogP contribution in [0.25, 0.3) is 5.65 Å². The summed E-state index contributed by atoms with van der Waals surface area (Å²) >= 11 is 0. The fraction of sp³-hybridized carbons (Fsp3) is 0.0952. The Hall–Kier alpha value is -2.66. The molecule has 0 aliphatic rings. The van der Waals surface area contributed by atoms with Crippen molar-refractivity contribution in [2.75, 3.05) is 0 Å². The number of benzene rings is 2. The van der Waals surface area contributed by atoms with E-state index < -0.39 is 15.2 Å². The lowest BCUT2D eigenvalue weighted by Gasteiger charge is -2.16. The molecule has 4 aromatic rings. The molecule has 0 fully saturated rings. The van der Waals surface area contributed by atoms with Gasteiger partial charge in [0.2, 0.25) is 0 Å². The van der Waals surface area contributed by atoms with Gasteiger partial charge < -0.3 is 17.3 Å². The van der Waals surface area contributed by atoms with E-state index in [-0.39, 0.29) is 0 Å². The SMILES string of the molecule is Cc1c(P(c2ccccc2)c2ccccc2)[n+]2ccccc2n1C.F[B-](F)(F)F. The molecule has 0 aliphatic carbocycles. The van der Waals surface area contributed by atoms with Gasteiger partial charge in [0.25, 0.3) is 5.65 Å². The molecule has 0 aliphatic heterocycles. The van der Waals surface area contributed by atoms with E-state index in [1.54, 1.807) is 0 Å². The number of fused-ring (bicyclic) bond motifs is 1.